The number of halogens is 2. The van der Waals surface area contributed by atoms with Gasteiger partial charge < -0.3 is 9.68 Å². The highest BCUT2D eigenvalue weighted by molar-refractivity contribution is 6.35. The number of aryl methyl sites for hydroxylation is 1. The fourth-order valence-electron chi connectivity index (χ4n) is 2.40. The molecule has 0 saturated heterocycles. The second-order valence-corrected chi connectivity index (χ2v) is 6.46. The molecule has 0 aliphatic carbocycles. The molecule has 1 heterocycles. The molecule has 0 amide bonds. The summed E-state index contributed by atoms with van der Waals surface area (Å²) in [6.07, 6.45) is 0. The van der Waals surface area contributed by atoms with Crippen LogP contribution >= 0.6 is 23.2 Å². The Morgan fingerprint density at radius 1 is 1.04 bits per heavy atom. The fraction of sp³-hybridized carbons (Fsp3) is 0.167. The van der Waals surface area contributed by atoms with E-state index in [9.17, 15) is 0 Å². The lowest BCUT2D eigenvalue weighted by Gasteiger charge is -2.08. The van der Waals surface area contributed by atoms with Crippen LogP contribution in [0.4, 0.5) is 0 Å². The quantitative estimate of drug-likeness (QED) is 0.433. The normalized spacial score (nSPS) is 12.1. The molecule has 1 aromatic heterocycles. The number of hydrogen-bond acceptors (Lipinski definition) is 7. The standard InChI is InChI=1S/C18H16Cl2N6O2/c1-26-18(21-24-25-26)17(12-6-4-3-5-7-12)23-28-11-16(22-27-2)13-8-14(19)10-15(20)9-13/h3-10H,11H2,1-2H3/b22-16-,23-17-. The summed E-state index contributed by atoms with van der Waals surface area (Å²) in [6, 6.07) is 14.5. The van der Waals surface area contributed by atoms with E-state index in [1.165, 1.54) is 11.8 Å². The molecule has 0 saturated carbocycles. The van der Waals surface area contributed by atoms with E-state index in [0.717, 1.165) is 5.56 Å². The van der Waals surface area contributed by atoms with Gasteiger partial charge in [0.15, 0.2) is 12.3 Å². The van der Waals surface area contributed by atoms with Crippen molar-refractivity contribution >= 4 is 34.6 Å². The van der Waals surface area contributed by atoms with Gasteiger partial charge in [0.1, 0.15) is 12.8 Å². The predicted octanol–water partition coefficient (Wildman–Crippen LogP) is 3.34. The van der Waals surface area contributed by atoms with E-state index in [1.807, 2.05) is 30.3 Å². The maximum Gasteiger partial charge on any atom is 0.204 e. The van der Waals surface area contributed by atoms with Crippen molar-refractivity contribution in [3.05, 3.63) is 75.5 Å². The molecule has 0 atom stereocenters. The van der Waals surface area contributed by atoms with Gasteiger partial charge in [-0.25, -0.2) is 4.68 Å². The van der Waals surface area contributed by atoms with Gasteiger partial charge >= 0.3 is 0 Å². The molecule has 8 nitrogen and oxygen atoms in total. The van der Waals surface area contributed by atoms with Gasteiger partial charge in [-0.05, 0) is 28.6 Å². The Kier molecular flexibility index (Phi) is 6.57. The first-order valence-electron chi connectivity index (χ1n) is 8.13. The summed E-state index contributed by atoms with van der Waals surface area (Å²) in [7, 11) is 3.16. The van der Waals surface area contributed by atoms with Gasteiger partial charge in [0, 0.05) is 28.2 Å². The van der Waals surface area contributed by atoms with Gasteiger partial charge in [0.05, 0.1) is 0 Å². The molecule has 0 spiro atoms. The van der Waals surface area contributed by atoms with Crippen molar-refractivity contribution in [2.24, 2.45) is 17.4 Å². The number of benzene rings is 2. The Balaban J connectivity index is 1.88. The van der Waals surface area contributed by atoms with Gasteiger partial charge in [-0.2, -0.15) is 0 Å². The zero-order valence-corrected chi connectivity index (χ0v) is 16.6. The minimum Gasteiger partial charge on any atom is -0.399 e. The molecule has 2 aromatic carbocycles. The van der Waals surface area contributed by atoms with Crippen molar-refractivity contribution in [1.29, 1.82) is 0 Å². The largest absolute Gasteiger partial charge is 0.399 e. The van der Waals surface area contributed by atoms with Crippen molar-refractivity contribution in [3.8, 4) is 0 Å². The van der Waals surface area contributed by atoms with Gasteiger partial charge in [-0.1, -0.05) is 63.8 Å². The Bertz CT molecular complexity index is 984. The summed E-state index contributed by atoms with van der Waals surface area (Å²) in [5.41, 5.74) is 2.42. The molecule has 0 aliphatic heterocycles. The first kappa shape index (κ1) is 19.8. The molecular weight excluding hydrogens is 403 g/mol. The minimum atomic E-state index is 0.0200. The molecule has 0 N–H and O–H groups in total. The lowest BCUT2D eigenvalue weighted by atomic mass is 10.1. The van der Waals surface area contributed by atoms with Crippen LogP contribution in [-0.4, -0.2) is 45.3 Å². The van der Waals surface area contributed by atoms with E-state index >= 15 is 0 Å². The van der Waals surface area contributed by atoms with Gasteiger partial charge in [0.25, 0.3) is 0 Å². The van der Waals surface area contributed by atoms with Crippen LogP contribution in [0.1, 0.15) is 17.0 Å². The predicted molar refractivity (Wildman–Crippen MR) is 107 cm³/mol. The van der Waals surface area contributed by atoms with Crippen molar-refractivity contribution in [2.75, 3.05) is 13.7 Å². The number of rotatable bonds is 7. The third-order valence-corrected chi connectivity index (χ3v) is 4.07. The molecular formula is C18H16Cl2N6O2. The second kappa shape index (κ2) is 9.29. The van der Waals surface area contributed by atoms with Crippen LogP contribution in [0, 0.1) is 0 Å². The number of oxime groups is 2. The molecule has 28 heavy (non-hydrogen) atoms. The Labute approximate surface area is 171 Å². The fourth-order valence-corrected chi connectivity index (χ4v) is 2.93. The Hall–Kier alpha value is -2.97. The molecule has 0 bridgehead atoms. The minimum absolute atomic E-state index is 0.0200. The van der Waals surface area contributed by atoms with Crippen LogP contribution in [0.5, 0.6) is 0 Å². The molecule has 3 rings (SSSR count). The molecule has 0 radical (unpaired) electrons. The molecule has 10 heteroatoms. The summed E-state index contributed by atoms with van der Waals surface area (Å²) in [6.45, 7) is 0.0200. The van der Waals surface area contributed by atoms with Crippen LogP contribution in [-0.2, 0) is 16.7 Å². The van der Waals surface area contributed by atoms with Gasteiger partial charge in [0.2, 0.25) is 5.82 Å². The van der Waals surface area contributed by atoms with Crippen molar-refractivity contribution in [1.82, 2.24) is 20.2 Å². The van der Waals surface area contributed by atoms with E-state index in [1.54, 1.807) is 25.2 Å². The first-order valence-corrected chi connectivity index (χ1v) is 8.88. The highest BCUT2D eigenvalue weighted by Crippen LogP contribution is 2.20. The topological polar surface area (TPSA) is 86.8 Å². The second-order valence-electron chi connectivity index (χ2n) is 5.58. The third-order valence-electron chi connectivity index (χ3n) is 3.63. The van der Waals surface area contributed by atoms with Crippen LogP contribution in [0.15, 0.2) is 58.8 Å². The van der Waals surface area contributed by atoms with E-state index in [2.05, 4.69) is 25.8 Å². The van der Waals surface area contributed by atoms with Crippen molar-refractivity contribution in [3.63, 3.8) is 0 Å². The third kappa shape index (κ3) is 4.85. The monoisotopic (exact) mass is 418 g/mol. The lowest BCUT2D eigenvalue weighted by molar-refractivity contribution is 0.173. The molecule has 0 unspecified atom stereocenters. The maximum absolute atomic E-state index is 6.07. The van der Waals surface area contributed by atoms with E-state index in [4.69, 9.17) is 32.9 Å². The summed E-state index contributed by atoms with van der Waals surface area (Å²) < 4.78 is 1.51. The van der Waals surface area contributed by atoms with Crippen molar-refractivity contribution in [2.45, 2.75) is 0 Å². The molecule has 3 aromatic rings. The Morgan fingerprint density at radius 3 is 2.36 bits per heavy atom. The summed E-state index contributed by atoms with van der Waals surface area (Å²) in [5.74, 6) is 0.460. The number of hydrogen-bond donors (Lipinski definition) is 0. The van der Waals surface area contributed by atoms with Crippen LogP contribution in [0.2, 0.25) is 10.0 Å². The Morgan fingerprint density at radius 2 is 1.75 bits per heavy atom. The first-order chi connectivity index (χ1) is 13.6. The molecule has 144 valence electrons. The van der Waals surface area contributed by atoms with Crippen LogP contribution < -0.4 is 0 Å². The lowest BCUT2D eigenvalue weighted by Crippen LogP contribution is -2.14. The number of tetrazole rings is 1. The number of aromatic nitrogens is 4. The maximum atomic E-state index is 6.07. The average molecular weight is 419 g/mol. The van der Waals surface area contributed by atoms with Gasteiger partial charge in [-0.3, -0.25) is 0 Å². The SMILES string of the molecule is CO/N=C(/CO/N=C(/c1ccccc1)c1nnnn1C)c1cc(Cl)cc(Cl)c1. The highest BCUT2D eigenvalue weighted by Gasteiger charge is 2.15. The number of nitrogens with zero attached hydrogens (tertiary/aromatic N) is 6. The highest BCUT2D eigenvalue weighted by atomic mass is 35.5. The van der Waals surface area contributed by atoms with Crippen LogP contribution in [0.25, 0.3) is 0 Å². The van der Waals surface area contributed by atoms with Crippen LogP contribution in [0.3, 0.4) is 0 Å². The van der Waals surface area contributed by atoms with E-state index < -0.39 is 0 Å². The molecule has 0 aliphatic rings. The zero-order valence-electron chi connectivity index (χ0n) is 15.1. The van der Waals surface area contributed by atoms with E-state index in [-0.39, 0.29) is 6.61 Å². The molecule has 0 fully saturated rings. The zero-order chi connectivity index (χ0) is 19.9. The summed E-state index contributed by atoms with van der Waals surface area (Å²) >= 11 is 12.1. The smallest absolute Gasteiger partial charge is 0.204 e. The van der Waals surface area contributed by atoms with Gasteiger partial charge in [-0.15, -0.1) is 5.10 Å². The summed E-state index contributed by atoms with van der Waals surface area (Å²) in [4.78, 5) is 10.5. The van der Waals surface area contributed by atoms with E-state index in [0.29, 0.717) is 32.9 Å². The summed E-state index contributed by atoms with van der Waals surface area (Å²) in [5, 5.41) is 20.7. The average Bonchev–Trinajstić information content (AvgIpc) is 3.10. The van der Waals surface area contributed by atoms with Crippen molar-refractivity contribution < 1.29 is 9.68 Å².